The van der Waals surface area contributed by atoms with Crippen LogP contribution in [0, 0.1) is 17.3 Å². The Morgan fingerprint density at radius 3 is 1.95 bits per heavy atom. The van der Waals surface area contributed by atoms with Gasteiger partial charge in [0.15, 0.2) is 17.3 Å². The zero-order chi connectivity index (χ0) is 16.4. The third-order valence-corrected chi connectivity index (χ3v) is 10.6. The van der Waals surface area contributed by atoms with Crippen molar-refractivity contribution in [1.82, 2.24) is 9.97 Å². The van der Waals surface area contributed by atoms with Crippen LogP contribution in [-0.2, 0) is 0 Å². The largest absolute Gasteiger partial charge is 0.381 e. The Labute approximate surface area is 132 Å². The molecule has 0 unspecified atom stereocenters. The van der Waals surface area contributed by atoms with E-state index in [1.54, 1.807) is 0 Å². The Hall–Kier alpha value is -1.12. The van der Waals surface area contributed by atoms with E-state index in [1.165, 1.54) is 0 Å². The number of nitrogens with zero attached hydrogens (tertiary/aromatic N) is 2. The molecule has 0 aromatic carbocycles. The molecule has 1 rings (SSSR count). The van der Waals surface area contributed by atoms with Crippen molar-refractivity contribution in [2.45, 2.75) is 58.2 Å². The lowest BCUT2D eigenvalue weighted by Gasteiger charge is -2.38. The summed E-state index contributed by atoms with van der Waals surface area (Å²) in [6.07, 6.45) is 0. The van der Waals surface area contributed by atoms with Crippen LogP contribution < -0.4 is 5.73 Å². The van der Waals surface area contributed by atoms with Crippen LogP contribution in [-0.4, -0.2) is 18.0 Å². The number of nitrogen functional groups attached to an aromatic ring is 1. The number of hydrogen-bond acceptors (Lipinski definition) is 3. The summed E-state index contributed by atoms with van der Waals surface area (Å²) in [5.41, 5.74) is 10.2. The predicted octanol–water partition coefficient (Wildman–Crippen LogP) is 4.42. The molecule has 1 aromatic rings. The Balaban J connectivity index is 3.42. The van der Waals surface area contributed by atoms with Gasteiger partial charge in [0.2, 0.25) is 5.28 Å². The van der Waals surface area contributed by atoms with Gasteiger partial charge in [-0.1, -0.05) is 47.5 Å². The first-order valence-corrected chi connectivity index (χ1v) is 9.75. The number of hydrogen-bond donors (Lipinski definition) is 1. The van der Waals surface area contributed by atoms with Gasteiger partial charge in [-0.3, -0.25) is 0 Å². The van der Waals surface area contributed by atoms with Gasteiger partial charge in [0.05, 0.1) is 0 Å². The molecule has 1 aromatic heterocycles. The second-order valence-electron chi connectivity index (χ2n) is 6.19. The highest BCUT2D eigenvalue weighted by molar-refractivity contribution is 6.90. The smallest absolute Gasteiger partial charge is 0.225 e. The monoisotopic (exact) mass is 327 g/mol. The van der Waals surface area contributed by atoms with Crippen LogP contribution in [0.3, 0.4) is 0 Å². The molecule has 0 atom stereocenters. The highest BCUT2D eigenvalue weighted by atomic mass is 35.5. The van der Waals surface area contributed by atoms with Crippen LogP contribution in [0.25, 0.3) is 0 Å². The summed E-state index contributed by atoms with van der Waals surface area (Å²) in [5, 5.41) is -0.0795. The molecule has 1 heterocycles. The van der Waals surface area contributed by atoms with E-state index in [9.17, 15) is 4.39 Å². The molecule has 0 spiro atoms. The molecule has 0 fully saturated rings. The molecule has 6 heteroatoms. The fraction of sp³-hybridized carbons (Fsp3) is 0.600. The molecule has 0 bridgehead atoms. The van der Waals surface area contributed by atoms with Gasteiger partial charge in [-0.25, -0.2) is 4.98 Å². The third kappa shape index (κ3) is 3.56. The van der Waals surface area contributed by atoms with Gasteiger partial charge in [0.1, 0.15) is 8.07 Å². The summed E-state index contributed by atoms with van der Waals surface area (Å²) in [6, 6.07) is 0. The summed E-state index contributed by atoms with van der Waals surface area (Å²) >= 11 is 5.73. The van der Waals surface area contributed by atoms with Crippen LogP contribution in [0.15, 0.2) is 0 Å². The van der Waals surface area contributed by atoms with Crippen LogP contribution in [0.2, 0.25) is 21.9 Å². The van der Waals surface area contributed by atoms with Gasteiger partial charge in [-0.2, -0.15) is 9.37 Å². The number of anilines is 1. The number of nitrogens with two attached hydrogens (primary N) is 1. The molecule has 3 nitrogen and oxygen atoms in total. The minimum Gasteiger partial charge on any atom is -0.381 e. The average Bonchev–Trinajstić information content (AvgIpc) is 2.34. The van der Waals surface area contributed by atoms with Crippen molar-refractivity contribution >= 4 is 25.5 Å². The van der Waals surface area contributed by atoms with E-state index in [0.717, 1.165) is 0 Å². The van der Waals surface area contributed by atoms with Crippen LogP contribution in [0.1, 0.15) is 47.2 Å². The van der Waals surface area contributed by atoms with Crippen molar-refractivity contribution < 1.29 is 4.39 Å². The highest BCUT2D eigenvalue weighted by Gasteiger charge is 2.41. The first kappa shape index (κ1) is 17.9. The lowest BCUT2D eigenvalue weighted by Crippen LogP contribution is -2.43. The molecule has 0 aliphatic carbocycles. The van der Waals surface area contributed by atoms with Crippen molar-refractivity contribution in [3.05, 3.63) is 16.8 Å². The van der Waals surface area contributed by atoms with E-state index in [1.807, 2.05) is 0 Å². The van der Waals surface area contributed by atoms with E-state index >= 15 is 0 Å². The summed E-state index contributed by atoms with van der Waals surface area (Å²) < 4.78 is 14.0. The van der Waals surface area contributed by atoms with E-state index in [4.69, 9.17) is 17.3 Å². The van der Waals surface area contributed by atoms with E-state index in [0.29, 0.717) is 16.6 Å². The minimum absolute atomic E-state index is 0.00803. The van der Waals surface area contributed by atoms with E-state index in [2.05, 4.69) is 63.0 Å². The van der Waals surface area contributed by atoms with Gasteiger partial charge >= 0.3 is 0 Å². The molecule has 116 valence electrons. The fourth-order valence-electron chi connectivity index (χ4n) is 3.12. The summed E-state index contributed by atoms with van der Waals surface area (Å²) in [5.74, 6) is 1.95. The lowest BCUT2D eigenvalue weighted by atomic mass is 10.4. The first-order valence-electron chi connectivity index (χ1n) is 7.14. The summed E-state index contributed by atoms with van der Waals surface area (Å²) in [4.78, 5) is 7.45. The molecule has 0 radical (unpaired) electrons. The van der Waals surface area contributed by atoms with Crippen LogP contribution in [0.4, 0.5) is 10.2 Å². The Kier molecular flexibility index (Phi) is 5.77. The molecule has 0 saturated heterocycles. The molecule has 0 aliphatic heterocycles. The second kappa shape index (κ2) is 6.76. The topological polar surface area (TPSA) is 51.8 Å². The maximum absolute atomic E-state index is 14.0. The molecule has 2 N–H and O–H groups in total. The van der Waals surface area contributed by atoms with Crippen molar-refractivity contribution in [3.63, 3.8) is 0 Å². The summed E-state index contributed by atoms with van der Waals surface area (Å²) in [7, 11) is -1.94. The quantitative estimate of drug-likeness (QED) is 0.508. The molecule has 0 aliphatic rings. The van der Waals surface area contributed by atoms with Crippen molar-refractivity contribution in [1.29, 1.82) is 0 Å². The van der Waals surface area contributed by atoms with Gasteiger partial charge in [-0.15, -0.1) is 5.54 Å². The van der Waals surface area contributed by atoms with Crippen LogP contribution in [0.5, 0.6) is 0 Å². The Bertz CT molecular complexity index is 554. The normalized spacial score (nSPS) is 12.0. The number of aromatic nitrogens is 2. The zero-order valence-electron chi connectivity index (χ0n) is 13.5. The van der Waals surface area contributed by atoms with E-state index in [-0.39, 0.29) is 16.8 Å². The molecule has 0 amide bonds. The van der Waals surface area contributed by atoms with Crippen molar-refractivity contribution in [3.8, 4) is 11.5 Å². The van der Waals surface area contributed by atoms with Gasteiger partial charge < -0.3 is 5.73 Å². The minimum atomic E-state index is -1.94. The second-order valence-corrected chi connectivity index (χ2v) is 12.1. The summed E-state index contributed by atoms with van der Waals surface area (Å²) in [6.45, 7) is 13.2. The Morgan fingerprint density at radius 1 is 1.05 bits per heavy atom. The molecular weight excluding hydrogens is 305 g/mol. The van der Waals surface area contributed by atoms with Crippen molar-refractivity contribution in [2.75, 3.05) is 5.73 Å². The van der Waals surface area contributed by atoms with Crippen LogP contribution >= 0.6 is 11.6 Å². The predicted molar refractivity (Wildman–Crippen MR) is 89.3 cm³/mol. The molecule has 0 saturated carbocycles. The van der Waals surface area contributed by atoms with E-state index < -0.39 is 13.9 Å². The van der Waals surface area contributed by atoms with Gasteiger partial charge in [0, 0.05) is 0 Å². The Morgan fingerprint density at radius 2 is 1.52 bits per heavy atom. The fourth-order valence-corrected chi connectivity index (χ4v) is 8.50. The maximum atomic E-state index is 14.0. The molecule has 21 heavy (non-hydrogen) atoms. The van der Waals surface area contributed by atoms with Gasteiger partial charge in [-0.05, 0) is 28.2 Å². The number of halogens is 2. The number of rotatable bonds is 3. The first-order chi connectivity index (χ1) is 9.62. The van der Waals surface area contributed by atoms with Crippen molar-refractivity contribution in [2.24, 2.45) is 0 Å². The third-order valence-electron chi connectivity index (χ3n) is 4.11. The maximum Gasteiger partial charge on any atom is 0.225 e. The standard InChI is InChI=1S/C15H23ClFN3Si/c1-9(2)21(10(3)4,11(5)6)8-7-12-13(17)14(18)20-15(16)19-12/h9-11H,1-6H3,(H2,18,19,20). The average molecular weight is 328 g/mol. The zero-order valence-corrected chi connectivity index (χ0v) is 15.2. The molecular formula is C15H23ClFN3Si. The van der Waals surface area contributed by atoms with Gasteiger partial charge in [0.25, 0.3) is 0 Å². The SMILES string of the molecule is CC(C)[Si](C#Cc1nc(Cl)nc(N)c1F)(C(C)C)C(C)C. The highest BCUT2D eigenvalue weighted by Crippen LogP contribution is 2.40. The lowest BCUT2D eigenvalue weighted by molar-refractivity contribution is 0.615.